The van der Waals surface area contributed by atoms with Gasteiger partial charge in [0.15, 0.2) is 0 Å². The fraction of sp³-hybridized carbons (Fsp3) is 0.967. The predicted molar refractivity (Wildman–Crippen MR) is 159 cm³/mol. The topological polar surface area (TPSA) is 108 Å². The molecular formula is C30H63N2O6P. The Kier molecular flexibility index (Phi) is 23.8. The first-order chi connectivity index (χ1) is 18.5. The van der Waals surface area contributed by atoms with Gasteiger partial charge in [-0.1, -0.05) is 117 Å². The van der Waals surface area contributed by atoms with Crippen molar-refractivity contribution in [2.24, 2.45) is 0 Å². The molecular weight excluding hydrogens is 515 g/mol. The van der Waals surface area contributed by atoms with Crippen molar-refractivity contribution >= 4 is 13.7 Å². The fourth-order valence-corrected chi connectivity index (χ4v) is 5.17. The Morgan fingerprint density at radius 1 is 0.795 bits per heavy atom. The number of phosphoric acid groups is 1. The highest BCUT2D eigenvalue weighted by Crippen LogP contribution is 2.38. The maximum atomic E-state index is 12.6. The third-order valence-corrected chi connectivity index (χ3v) is 8.06. The molecule has 0 heterocycles. The number of hydrogen-bond acceptors (Lipinski definition) is 6. The first-order valence-electron chi connectivity index (χ1n) is 15.9. The highest BCUT2D eigenvalue weighted by atomic mass is 31.2. The van der Waals surface area contributed by atoms with Crippen molar-refractivity contribution in [2.45, 2.75) is 148 Å². The minimum Gasteiger partial charge on any atom is -0.756 e. The Morgan fingerprint density at radius 2 is 1.26 bits per heavy atom. The predicted octanol–water partition coefficient (Wildman–Crippen LogP) is 6.49. The number of carbonyl (C=O) groups excluding carboxylic acids is 1. The zero-order valence-corrected chi connectivity index (χ0v) is 27.0. The van der Waals surface area contributed by atoms with E-state index < -0.39 is 20.0 Å². The Labute approximate surface area is 240 Å². The molecule has 234 valence electrons. The van der Waals surface area contributed by atoms with Crippen LogP contribution in [0.25, 0.3) is 0 Å². The molecule has 0 aliphatic heterocycles. The van der Waals surface area contributed by atoms with Gasteiger partial charge in [0.1, 0.15) is 13.2 Å². The average molecular weight is 579 g/mol. The number of nitrogens with one attached hydrogen (secondary N) is 1. The van der Waals surface area contributed by atoms with Gasteiger partial charge in [0.05, 0.1) is 39.9 Å². The summed E-state index contributed by atoms with van der Waals surface area (Å²) in [6.45, 7) is 4.61. The summed E-state index contributed by atoms with van der Waals surface area (Å²) in [5.41, 5.74) is 0. The highest BCUT2D eigenvalue weighted by molar-refractivity contribution is 7.45. The normalized spacial score (nSPS) is 15.2. The van der Waals surface area contributed by atoms with Gasteiger partial charge in [0.2, 0.25) is 5.91 Å². The van der Waals surface area contributed by atoms with Gasteiger partial charge >= 0.3 is 0 Å². The van der Waals surface area contributed by atoms with Crippen LogP contribution in [0.3, 0.4) is 0 Å². The van der Waals surface area contributed by atoms with E-state index in [1.165, 1.54) is 70.6 Å². The summed E-state index contributed by atoms with van der Waals surface area (Å²) >= 11 is 0. The van der Waals surface area contributed by atoms with Crippen LogP contribution >= 0.6 is 7.82 Å². The van der Waals surface area contributed by atoms with E-state index in [9.17, 15) is 19.4 Å². The molecule has 39 heavy (non-hydrogen) atoms. The van der Waals surface area contributed by atoms with Crippen LogP contribution < -0.4 is 10.2 Å². The number of amides is 1. The van der Waals surface area contributed by atoms with E-state index in [1.54, 1.807) is 0 Å². The lowest BCUT2D eigenvalue weighted by Crippen LogP contribution is -2.46. The maximum Gasteiger partial charge on any atom is 0.268 e. The summed E-state index contributed by atoms with van der Waals surface area (Å²) in [4.78, 5) is 24.9. The molecule has 1 amide bonds. The number of likely N-dealkylation sites (N-methyl/N-ethyl adjacent to an activating group) is 1. The largest absolute Gasteiger partial charge is 0.756 e. The van der Waals surface area contributed by atoms with Crippen LogP contribution in [0, 0.1) is 0 Å². The fourth-order valence-electron chi connectivity index (χ4n) is 4.45. The Morgan fingerprint density at radius 3 is 1.74 bits per heavy atom. The van der Waals surface area contributed by atoms with Crippen molar-refractivity contribution in [2.75, 3.05) is 40.9 Å². The highest BCUT2D eigenvalue weighted by Gasteiger charge is 2.24. The van der Waals surface area contributed by atoms with Crippen molar-refractivity contribution in [3.63, 3.8) is 0 Å². The van der Waals surface area contributed by atoms with Crippen LogP contribution in [0.2, 0.25) is 0 Å². The summed E-state index contributed by atoms with van der Waals surface area (Å²) in [6.07, 6.45) is 19.8. The smallest absolute Gasteiger partial charge is 0.268 e. The van der Waals surface area contributed by atoms with Gasteiger partial charge in [-0.15, -0.1) is 0 Å². The maximum absolute atomic E-state index is 12.6. The number of aliphatic hydroxyl groups excluding tert-OH is 1. The Bertz CT molecular complexity index is 629. The molecule has 0 fully saturated rings. The molecule has 0 radical (unpaired) electrons. The van der Waals surface area contributed by atoms with Crippen molar-refractivity contribution < 1.29 is 32.9 Å². The monoisotopic (exact) mass is 578 g/mol. The number of quaternary nitrogens is 1. The second-order valence-corrected chi connectivity index (χ2v) is 13.6. The molecule has 0 bridgehead atoms. The van der Waals surface area contributed by atoms with Crippen LogP contribution in [0.5, 0.6) is 0 Å². The van der Waals surface area contributed by atoms with E-state index in [0.29, 0.717) is 23.9 Å². The molecule has 0 rings (SSSR count). The number of unbranched alkanes of at least 4 members (excludes halogenated alkanes) is 15. The van der Waals surface area contributed by atoms with Crippen LogP contribution in [-0.2, 0) is 18.4 Å². The molecule has 0 aliphatic rings. The van der Waals surface area contributed by atoms with E-state index >= 15 is 0 Å². The van der Waals surface area contributed by atoms with E-state index in [2.05, 4.69) is 19.2 Å². The molecule has 0 aromatic rings. The third kappa shape index (κ3) is 26.2. The van der Waals surface area contributed by atoms with Gasteiger partial charge < -0.3 is 28.8 Å². The molecule has 8 nitrogen and oxygen atoms in total. The zero-order valence-electron chi connectivity index (χ0n) is 26.1. The number of aliphatic hydroxyl groups is 1. The second kappa shape index (κ2) is 24.1. The first kappa shape index (κ1) is 38.5. The van der Waals surface area contributed by atoms with Gasteiger partial charge in [-0.05, 0) is 12.8 Å². The number of hydrogen-bond donors (Lipinski definition) is 2. The average Bonchev–Trinajstić information content (AvgIpc) is 2.86. The summed E-state index contributed by atoms with van der Waals surface area (Å²) in [6, 6.07) is -0.787. The van der Waals surface area contributed by atoms with Crippen molar-refractivity contribution in [3.05, 3.63) is 0 Å². The van der Waals surface area contributed by atoms with E-state index in [-0.39, 0.29) is 19.1 Å². The van der Waals surface area contributed by atoms with Crippen LogP contribution in [0.4, 0.5) is 0 Å². The van der Waals surface area contributed by atoms with Gasteiger partial charge in [0, 0.05) is 6.42 Å². The molecule has 0 saturated carbocycles. The molecule has 3 unspecified atom stereocenters. The lowest BCUT2D eigenvalue weighted by atomic mass is 10.0. The van der Waals surface area contributed by atoms with E-state index in [4.69, 9.17) is 9.05 Å². The second-order valence-electron chi connectivity index (χ2n) is 12.2. The molecule has 3 atom stereocenters. The molecule has 0 aliphatic carbocycles. The number of phosphoric ester groups is 1. The van der Waals surface area contributed by atoms with Crippen LogP contribution in [0.1, 0.15) is 136 Å². The summed E-state index contributed by atoms with van der Waals surface area (Å²) in [7, 11) is 1.30. The Balaban J connectivity index is 4.49. The van der Waals surface area contributed by atoms with Crippen LogP contribution in [-0.4, -0.2) is 68.5 Å². The molecule has 0 aromatic heterocycles. The van der Waals surface area contributed by atoms with Crippen LogP contribution in [0.15, 0.2) is 0 Å². The minimum atomic E-state index is -4.53. The van der Waals surface area contributed by atoms with Gasteiger partial charge in [-0.3, -0.25) is 9.36 Å². The zero-order chi connectivity index (χ0) is 29.4. The number of rotatable bonds is 28. The lowest BCUT2D eigenvalue weighted by Gasteiger charge is -2.30. The number of carbonyl (C=O) groups is 1. The molecule has 0 spiro atoms. The summed E-state index contributed by atoms with van der Waals surface area (Å²) in [5, 5.41) is 13.6. The van der Waals surface area contributed by atoms with Crippen molar-refractivity contribution in [3.8, 4) is 0 Å². The van der Waals surface area contributed by atoms with Crippen molar-refractivity contribution in [1.29, 1.82) is 0 Å². The van der Waals surface area contributed by atoms with E-state index in [1.807, 2.05) is 21.1 Å². The lowest BCUT2D eigenvalue weighted by molar-refractivity contribution is -0.870. The van der Waals surface area contributed by atoms with E-state index in [0.717, 1.165) is 38.5 Å². The molecule has 9 heteroatoms. The SMILES string of the molecule is CCCCCCCCCCCCCC(=O)NC(COP(=O)([O-])OCC[N+](C)(C)C)C(O)CCCCCCCC. The standard InChI is InChI=1S/C30H63N2O6P/c1-6-8-10-12-14-15-16-17-18-20-22-24-30(34)31-28(29(33)23-21-19-13-11-9-7-2)27-38-39(35,36)37-26-25-32(3,4)5/h28-29,33H,6-27H2,1-5H3,(H-,31,34,35,36). The molecule has 2 N–H and O–H groups in total. The summed E-state index contributed by atoms with van der Waals surface area (Å²) in [5.74, 6) is -0.173. The van der Waals surface area contributed by atoms with Gasteiger partial charge in [-0.2, -0.15) is 0 Å². The van der Waals surface area contributed by atoms with Crippen molar-refractivity contribution in [1.82, 2.24) is 5.32 Å². The molecule has 0 aromatic carbocycles. The quantitative estimate of drug-likeness (QED) is 0.0624. The first-order valence-corrected chi connectivity index (χ1v) is 17.3. The minimum absolute atomic E-state index is 0.0144. The van der Waals surface area contributed by atoms with Gasteiger partial charge in [-0.25, -0.2) is 0 Å². The number of nitrogens with zero attached hydrogens (tertiary/aromatic N) is 1. The Hall–Kier alpha value is -0.500. The third-order valence-electron chi connectivity index (χ3n) is 7.10. The molecule has 0 saturated heterocycles. The summed E-state index contributed by atoms with van der Waals surface area (Å²) < 4.78 is 22.9. The van der Waals surface area contributed by atoms with Gasteiger partial charge in [0.25, 0.3) is 7.82 Å².